The molecule has 0 radical (unpaired) electrons. The van der Waals surface area contributed by atoms with Crippen molar-refractivity contribution in [1.82, 2.24) is 19.8 Å². The SMILES string of the molecule is C=C1NC(=O)C=CN1[C@@H]1O[C@H](CO[P@](=O)(C[C@@H](C)C(=O)OC2CCCC2)Oc2ccc(Cl)cc2)[C@H](O)C1(C)O.C[C@H](C[P@](=O)(OC[C@H]1O[C@@H](n2ccc(=O)[nH]c2=S)C(C)(O)[C@H]1O)Oc1ccc(Cl)cc1)C(=O)OC1CCCC1. The van der Waals surface area contributed by atoms with E-state index in [1.807, 2.05) is 0 Å². The summed E-state index contributed by atoms with van der Waals surface area (Å²) in [7, 11) is -8.05. The summed E-state index contributed by atoms with van der Waals surface area (Å²) in [5.74, 6) is -2.45. The molecule has 2 unspecified atom stereocenters. The zero-order valence-corrected chi connectivity index (χ0v) is 47.5. The van der Waals surface area contributed by atoms with E-state index in [2.05, 4.69) is 16.9 Å². The number of hydrogen-bond donors (Lipinski definition) is 6. The molecule has 27 heteroatoms. The van der Waals surface area contributed by atoms with Crippen LogP contribution in [-0.2, 0) is 51.5 Å². The van der Waals surface area contributed by atoms with Gasteiger partial charge in [0.15, 0.2) is 17.2 Å². The Balaban J connectivity index is 0.000000226. The first kappa shape index (κ1) is 61.2. The number of halogens is 2. The fourth-order valence-electron chi connectivity index (χ4n) is 9.39. The third-order valence-corrected chi connectivity index (χ3v) is 18.7. The number of nitrogens with zero attached hydrogens (tertiary/aromatic N) is 2. The number of aliphatic hydroxyl groups excluding tert-OH is 2. The van der Waals surface area contributed by atoms with Crippen molar-refractivity contribution in [2.75, 3.05) is 25.5 Å². The second kappa shape index (κ2) is 26.0. The van der Waals surface area contributed by atoms with E-state index < -0.39 is 112 Å². The monoisotopic (exact) mass is 1190 g/mol. The van der Waals surface area contributed by atoms with Crippen LogP contribution in [0.1, 0.15) is 85.3 Å². The molecule has 78 heavy (non-hydrogen) atoms. The lowest BCUT2D eigenvalue weighted by molar-refractivity contribution is -0.153. The lowest BCUT2D eigenvalue weighted by Gasteiger charge is -2.37. The molecule has 428 valence electrons. The highest BCUT2D eigenvalue weighted by molar-refractivity contribution is 7.71. The van der Waals surface area contributed by atoms with Gasteiger partial charge in [0.25, 0.3) is 11.5 Å². The van der Waals surface area contributed by atoms with E-state index in [4.69, 9.17) is 72.5 Å². The molecule has 12 atom stereocenters. The number of rotatable bonds is 20. The quantitative estimate of drug-likeness (QED) is 0.0368. The average molecular weight is 1190 g/mol. The maximum absolute atomic E-state index is 13.9. The summed E-state index contributed by atoms with van der Waals surface area (Å²) in [5.41, 5.74) is -4.10. The van der Waals surface area contributed by atoms with Crippen molar-refractivity contribution in [2.45, 2.75) is 139 Å². The summed E-state index contributed by atoms with van der Waals surface area (Å²) >= 11 is 17.1. The summed E-state index contributed by atoms with van der Waals surface area (Å²) < 4.78 is 75.0. The Labute approximate surface area is 465 Å². The molecule has 2 aromatic carbocycles. The molecule has 2 aliphatic carbocycles. The third-order valence-electron chi connectivity index (χ3n) is 13.8. The van der Waals surface area contributed by atoms with Gasteiger partial charge in [0.05, 0.1) is 37.4 Å². The predicted molar refractivity (Wildman–Crippen MR) is 286 cm³/mol. The number of carbonyl (C=O) groups is 3. The molecule has 8 rings (SSSR count). The Hall–Kier alpha value is -4.45. The topological polar surface area (TPSA) is 293 Å². The van der Waals surface area contributed by atoms with Crippen molar-refractivity contribution in [3.05, 3.63) is 111 Å². The molecule has 1 amide bonds. The van der Waals surface area contributed by atoms with E-state index in [0.717, 1.165) is 51.4 Å². The van der Waals surface area contributed by atoms with Crippen molar-refractivity contribution in [3.8, 4) is 11.5 Å². The normalized spacial score (nSPS) is 28.7. The summed E-state index contributed by atoms with van der Waals surface area (Å²) in [5, 5.41) is 47.2. The van der Waals surface area contributed by atoms with Crippen LogP contribution in [0.15, 0.2) is 90.3 Å². The second-order valence-electron chi connectivity index (χ2n) is 20.3. The average Bonchev–Trinajstić information content (AvgIpc) is 4.38. The number of amides is 1. The summed E-state index contributed by atoms with van der Waals surface area (Å²) in [6.07, 6.45) is 2.67. The number of ether oxygens (including phenoxy) is 4. The Morgan fingerprint density at radius 2 is 1.18 bits per heavy atom. The molecule has 2 saturated carbocycles. The van der Waals surface area contributed by atoms with Crippen molar-refractivity contribution in [1.29, 1.82) is 0 Å². The van der Waals surface area contributed by atoms with Crippen LogP contribution in [0.3, 0.4) is 0 Å². The van der Waals surface area contributed by atoms with Gasteiger partial charge in [-0.1, -0.05) is 43.6 Å². The van der Waals surface area contributed by atoms with E-state index in [1.54, 1.807) is 38.1 Å². The van der Waals surface area contributed by atoms with Gasteiger partial charge in [0, 0.05) is 34.6 Å². The summed E-state index contributed by atoms with van der Waals surface area (Å²) in [4.78, 5) is 52.4. The highest BCUT2D eigenvalue weighted by atomic mass is 35.5. The summed E-state index contributed by atoms with van der Waals surface area (Å²) in [6, 6.07) is 13.5. The van der Waals surface area contributed by atoms with Gasteiger partial charge in [0.1, 0.15) is 65.1 Å². The van der Waals surface area contributed by atoms with Crippen LogP contribution in [0, 0.1) is 16.6 Å². The van der Waals surface area contributed by atoms with Gasteiger partial charge in [-0.15, -0.1) is 0 Å². The number of aromatic nitrogens is 2. The van der Waals surface area contributed by atoms with Gasteiger partial charge in [-0.2, -0.15) is 0 Å². The van der Waals surface area contributed by atoms with Gasteiger partial charge >= 0.3 is 27.1 Å². The van der Waals surface area contributed by atoms with Gasteiger partial charge in [0.2, 0.25) is 0 Å². The zero-order valence-electron chi connectivity index (χ0n) is 43.4. The predicted octanol–water partition coefficient (Wildman–Crippen LogP) is 7.28. The van der Waals surface area contributed by atoms with Crippen molar-refractivity contribution in [3.63, 3.8) is 0 Å². The molecule has 0 bridgehead atoms. The minimum Gasteiger partial charge on any atom is -0.462 e. The first-order valence-electron chi connectivity index (χ1n) is 25.4. The molecular formula is C51H66Cl2N4O18P2S. The van der Waals surface area contributed by atoms with Crippen LogP contribution in [0.2, 0.25) is 10.0 Å². The highest BCUT2D eigenvalue weighted by Gasteiger charge is 2.56. The molecule has 2 saturated heterocycles. The molecule has 4 heterocycles. The molecule has 1 aromatic heterocycles. The van der Waals surface area contributed by atoms with E-state index >= 15 is 0 Å². The third kappa shape index (κ3) is 15.5. The first-order chi connectivity index (χ1) is 36.8. The number of aromatic amines is 1. The fraction of sp³-hybridized carbons (Fsp3) is 0.549. The smallest absolute Gasteiger partial charge is 0.380 e. The van der Waals surface area contributed by atoms with Crippen molar-refractivity contribution in [2.24, 2.45) is 11.8 Å². The van der Waals surface area contributed by atoms with E-state index in [0.29, 0.717) is 10.0 Å². The maximum atomic E-state index is 13.9. The number of aliphatic hydroxyl groups is 4. The Bertz CT molecular complexity index is 2860. The largest absolute Gasteiger partial charge is 0.462 e. The maximum Gasteiger partial charge on any atom is 0.380 e. The Morgan fingerprint density at radius 1 is 0.756 bits per heavy atom. The standard InChI is InChI=1S/C26H34ClN2O9P.C25H32ClN2O9PS/c1-16(24(32)36-19-6-4-5-7-19)15-39(34,38-20-10-8-18(27)9-11-20)35-14-21-23(31)26(3,33)25(37-21)29-13-12-22(30)28-17(29)2;1-15(22(31)35-17-5-3-4-6-17)14-38(33,37-18-9-7-16(26)8-10-18)34-13-19-21(30)25(2,32)23(36-19)28-12-11-20(29)27-24(28)39/h8-13,16,19,21,23,25,31,33H,2,4-7,14-15H2,1,3H3,(H,28,30);7-12,15,17,19,21,23,30,32H,3-6,13-14H2,1-2H3,(H,27,29,39)/t16-,21-,23+,25-,26?,39-;15-,19-,21+,23-,25?,38+/m11/s1. The fourth-order valence-corrected chi connectivity index (χ4v) is 13.6. The van der Waals surface area contributed by atoms with Gasteiger partial charge in [-0.3, -0.25) is 37.8 Å². The number of nitrogens with one attached hydrogen (secondary N) is 2. The number of hydrogen-bond acceptors (Lipinski definition) is 20. The molecule has 4 fully saturated rings. The first-order valence-corrected chi connectivity index (χ1v) is 30.1. The van der Waals surface area contributed by atoms with Crippen LogP contribution in [0.25, 0.3) is 0 Å². The lowest BCUT2D eigenvalue weighted by atomic mass is 9.96. The zero-order chi connectivity index (χ0) is 56.7. The molecular weight excluding hydrogens is 1120 g/mol. The number of esters is 2. The summed E-state index contributed by atoms with van der Waals surface area (Å²) in [6.45, 7) is 8.76. The van der Waals surface area contributed by atoms with Gasteiger partial charge < -0.3 is 58.6 Å². The van der Waals surface area contributed by atoms with Crippen molar-refractivity contribution >= 4 is 68.5 Å². The van der Waals surface area contributed by atoms with Crippen LogP contribution in [0.4, 0.5) is 0 Å². The van der Waals surface area contributed by atoms with Crippen LogP contribution in [0.5, 0.6) is 11.5 Å². The Morgan fingerprint density at radius 3 is 1.60 bits per heavy atom. The number of benzene rings is 2. The van der Waals surface area contributed by atoms with Crippen molar-refractivity contribution < 1.29 is 81.0 Å². The minimum atomic E-state index is -4.03. The van der Waals surface area contributed by atoms with E-state index in [1.165, 1.54) is 72.1 Å². The molecule has 0 spiro atoms. The van der Waals surface area contributed by atoms with Gasteiger partial charge in [-0.05, 0) is 126 Å². The number of carbonyl (C=O) groups excluding carboxylic acids is 3. The van der Waals surface area contributed by atoms with Gasteiger partial charge in [-0.25, -0.2) is 9.13 Å². The van der Waals surface area contributed by atoms with Crippen LogP contribution < -0.4 is 19.9 Å². The van der Waals surface area contributed by atoms with Crippen LogP contribution >= 0.6 is 50.6 Å². The molecule has 22 nitrogen and oxygen atoms in total. The van der Waals surface area contributed by atoms with E-state index in [-0.39, 0.29) is 46.6 Å². The lowest BCUT2D eigenvalue weighted by Crippen LogP contribution is -2.53. The second-order valence-corrected chi connectivity index (χ2v) is 25.6. The highest BCUT2D eigenvalue weighted by Crippen LogP contribution is 2.53. The van der Waals surface area contributed by atoms with E-state index in [9.17, 15) is 48.7 Å². The minimum absolute atomic E-state index is 0.0205. The van der Waals surface area contributed by atoms with Crippen LogP contribution in [-0.4, -0.2) is 132 Å². The molecule has 6 N–H and O–H groups in total. The number of H-pyrrole nitrogens is 1. The Kier molecular flexibility index (Phi) is 20.4. The molecule has 5 aliphatic rings. The molecule has 3 aliphatic heterocycles. The molecule has 3 aromatic rings.